The van der Waals surface area contributed by atoms with Crippen molar-refractivity contribution in [2.75, 3.05) is 0 Å². The van der Waals surface area contributed by atoms with Crippen molar-refractivity contribution in [2.24, 2.45) is 0 Å². The van der Waals surface area contributed by atoms with Crippen LogP contribution in [0.15, 0.2) is 36.4 Å². The van der Waals surface area contributed by atoms with E-state index in [0.717, 1.165) is 36.8 Å². The van der Waals surface area contributed by atoms with Gasteiger partial charge in [-0.15, -0.1) is 0 Å². The number of carbonyl (C=O) groups is 2. The minimum atomic E-state index is -0.0580. The number of phenols is 2. The summed E-state index contributed by atoms with van der Waals surface area (Å²) in [4.78, 5) is 24.6. The van der Waals surface area contributed by atoms with E-state index in [2.05, 4.69) is 0 Å². The Morgan fingerprint density at radius 1 is 0.741 bits per heavy atom. The molecule has 0 spiro atoms. The van der Waals surface area contributed by atoms with Crippen molar-refractivity contribution in [1.29, 1.82) is 0 Å². The standard InChI is InChI=1S/C23H28O4/c1-3-5-7-20(24)18-14-16(9-11-22(18)26)13-17-10-12-23(27)19(15-17)21(25)8-6-4-2/h9-12,14-15,26-27H,3-8,13H2,1-2H3. The number of benzene rings is 2. The lowest BCUT2D eigenvalue weighted by Gasteiger charge is -2.10. The van der Waals surface area contributed by atoms with E-state index in [0.29, 0.717) is 30.4 Å². The first-order valence-corrected chi connectivity index (χ1v) is 9.66. The van der Waals surface area contributed by atoms with Crippen molar-refractivity contribution in [2.45, 2.75) is 58.8 Å². The van der Waals surface area contributed by atoms with E-state index in [1.807, 2.05) is 13.8 Å². The van der Waals surface area contributed by atoms with Gasteiger partial charge in [-0.25, -0.2) is 0 Å². The molecule has 0 aliphatic rings. The van der Waals surface area contributed by atoms with Crippen LogP contribution >= 0.6 is 0 Å². The summed E-state index contributed by atoms with van der Waals surface area (Å²) in [5.74, 6) is -0.114. The van der Waals surface area contributed by atoms with Crippen LogP contribution in [0.1, 0.15) is 84.2 Å². The highest BCUT2D eigenvalue weighted by atomic mass is 16.3. The number of phenolic OH excluding ortho intramolecular Hbond substituents is 2. The van der Waals surface area contributed by atoms with Gasteiger partial charge in [-0.05, 0) is 54.7 Å². The Balaban J connectivity index is 2.22. The van der Waals surface area contributed by atoms with Crippen LogP contribution in [0.5, 0.6) is 11.5 Å². The summed E-state index contributed by atoms with van der Waals surface area (Å²) >= 11 is 0. The van der Waals surface area contributed by atoms with Crippen molar-refractivity contribution in [1.82, 2.24) is 0 Å². The summed E-state index contributed by atoms with van der Waals surface area (Å²) in [7, 11) is 0. The first-order chi connectivity index (χ1) is 13.0. The second-order valence-corrected chi connectivity index (χ2v) is 6.93. The molecule has 0 amide bonds. The highest BCUT2D eigenvalue weighted by Gasteiger charge is 2.14. The highest BCUT2D eigenvalue weighted by Crippen LogP contribution is 2.25. The van der Waals surface area contributed by atoms with Gasteiger partial charge in [-0.2, -0.15) is 0 Å². The Morgan fingerprint density at radius 2 is 1.15 bits per heavy atom. The first kappa shape index (κ1) is 20.7. The lowest BCUT2D eigenvalue weighted by molar-refractivity contribution is 0.0969. The third-order valence-corrected chi connectivity index (χ3v) is 4.65. The normalized spacial score (nSPS) is 10.7. The molecule has 0 aliphatic heterocycles. The molecule has 0 saturated carbocycles. The number of unbranched alkanes of at least 4 members (excludes halogenated alkanes) is 2. The number of ketones is 2. The Kier molecular flexibility index (Phi) is 7.59. The number of hydrogen-bond acceptors (Lipinski definition) is 4. The summed E-state index contributed by atoms with van der Waals surface area (Å²) in [6, 6.07) is 10.1. The molecule has 144 valence electrons. The van der Waals surface area contributed by atoms with Crippen LogP contribution in [-0.4, -0.2) is 21.8 Å². The fourth-order valence-corrected chi connectivity index (χ4v) is 3.01. The molecule has 4 nitrogen and oxygen atoms in total. The van der Waals surface area contributed by atoms with Crippen LogP contribution in [0.2, 0.25) is 0 Å². The number of rotatable bonds is 10. The maximum atomic E-state index is 12.3. The van der Waals surface area contributed by atoms with Gasteiger partial charge < -0.3 is 10.2 Å². The van der Waals surface area contributed by atoms with Crippen molar-refractivity contribution >= 4 is 11.6 Å². The van der Waals surface area contributed by atoms with Gasteiger partial charge in [-0.3, -0.25) is 9.59 Å². The quantitative estimate of drug-likeness (QED) is 0.548. The van der Waals surface area contributed by atoms with Crippen molar-refractivity contribution in [3.05, 3.63) is 58.7 Å². The zero-order chi connectivity index (χ0) is 19.8. The lowest BCUT2D eigenvalue weighted by Crippen LogP contribution is -2.02. The van der Waals surface area contributed by atoms with E-state index in [4.69, 9.17) is 0 Å². The summed E-state index contributed by atoms with van der Waals surface area (Å²) in [5, 5.41) is 20.0. The molecule has 2 rings (SSSR count). The predicted molar refractivity (Wildman–Crippen MR) is 107 cm³/mol. The summed E-state index contributed by atoms with van der Waals surface area (Å²) in [6.45, 7) is 4.04. The molecule has 0 bridgehead atoms. The zero-order valence-corrected chi connectivity index (χ0v) is 16.1. The van der Waals surface area contributed by atoms with Gasteiger partial charge in [0.1, 0.15) is 11.5 Å². The molecule has 0 saturated heterocycles. The molecule has 0 aromatic heterocycles. The summed E-state index contributed by atoms with van der Waals surface area (Å²) < 4.78 is 0. The summed E-state index contributed by atoms with van der Waals surface area (Å²) in [5.41, 5.74) is 2.45. The molecule has 0 atom stereocenters. The topological polar surface area (TPSA) is 74.6 Å². The van der Waals surface area contributed by atoms with Crippen LogP contribution in [0, 0.1) is 0 Å². The molecule has 4 heteroatoms. The van der Waals surface area contributed by atoms with Gasteiger partial charge in [0.05, 0.1) is 11.1 Å². The Morgan fingerprint density at radius 3 is 1.52 bits per heavy atom. The monoisotopic (exact) mass is 368 g/mol. The Labute approximate surface area is 160 Å². The molecule has 0 radical (unpaired) electrons. The predicted octanol–water partition coefficient (Wildman–Crippen LogP) is 5.43. The number of hydrogen-bond donors (Lipinski definition) is 2. The molecule has 2 aromatic rings. The zero-order valence-electron chi connectivity index (χ0n) is 16.1. The molecule has 2 N–H and O–H groups in total. The molecule has 0 fully saturated rings. The largest absolute Gasteiger partial charge is 0.507 e. The van der Waals surface area contributed by atoms with Crippen LogP contribution in [0.25, 0.3) is 0 Å². The minimum absolute atomic E-state index is 0.000918. The fraction of sp³-hybridized carbons (Fsp3) is 0.391. The van der Waals surface area contributed by atoms with Gasteiger partial charge in [0.25, 0.3) is 0 Å². The molecular weight excluding hydrogens is 340 g/mol. The molecular formula is C23H28O4. The lowest BCUT2D eigenvalue weighted by atomic mass is 9.96. The maximum absolute atomic E-state index is 12.3. The van der Waals surface area contributed by atoms with E-state index < -0.39 is 0 Å². The number of carbonyl (C=O) groups excluding carboxylic acids is 2. The SMILES string of the molecule is CCCCC(=O)c1cc(Cc2ccc(O)c(C(=O)CCCC)c2)ccc1O. The number of Topliss-reactive ketones (excluding diaryl/α,β-unsaturated/α-hetero) is 2. The third kappa shape index (κ3) is 5.68. The van der Waals surface area contributed by atoms with Crippen LogP contribution in [0.3, 0.4) is 0 Å². The molecule has 0 heterocycles. The van der Waals surface area contributed by atoms with E-state index in [1.165, 1.54) is 0 Å². The molecule has 0 aliphatic carbocycles. The molecule has 2 aromatic carbocycles. The van der Waals surface area contributed by atoms with Gasteiger partial charge in [0.15, 0.2) is 11.6 Å². The third-order valence-electron chi connectivity index (χ3n) is 4.65. The highest BCUT2D eigenvalue weighted by molar-refractivity contribution is 5.99. The Bertz CT molecular complexity index is 741. The maximum Gasteiger partial charge on any atom is 0.166 e. The van der Waals surface area contributed by atoms with Crippen LogP contribution in [0.4, 0.5) is 0 Å². The second kappa shape index (κ2) is 9.91. The van der Waals surface area contributed by atoms with Gasteiger partial charge in [-0.1, -0.05) is 38.8 Å². The van der Waals surface area contributed by atoms with E-state index in [9.17, 15) is 19.8 Å². The Hall–Kier alpha value is -2.62. The molecule has 0 unspecified atom stereocenters. The smallest absolute Gasteiger partial charge is 0.166 e. The van der Waals surface area contributed by atoms with E-state index >= 15 is 0 Å². The van der Waals surface area contributed by atoms with E-state index in [1.54, 1.807) is 36.4 Å². The minimum Gasteiger partial charge on any atom is -0.507 e. The van der Waals surface area contributed by atoms with Crippen LogP contribution < -0.4 is 0 Å². The van der Waals surface area contributed by atoms with Crippen molar-refractivity contribution < 1.29 is 19.8 Å². The summed E-state index contributed by atoms with van der Waals surface area (Å²) in [6.07, 6.45) is 4.80. The van der Waals surface area contributed by atoms with Crippen LogP contribution in [-0.2, 0) is 6.42 Å². The van der Waals surface area contributed by atoms with Crippen molar-refractivity contribution in [3.63, 3.8) is 0 Å². The fourth-order valence-electron chi connectivity index (χ4n) is 3.01. The van der Waals surface area contributed by atoms with Crippen molar-refractivity contribution in [3.8, 4) is 11.5 Å². The number of aromatic hydroxyl groups is 2. The first-order valence-electron chi connectivity index (χ1n) is 9.66. The van der Waals surface area contributed by atoms with Gasteiger partial charge in [0.2, 0.25) is 0 Å². The second-order valence-electron chi connectivity index (χ2n) is 6.93. The van der Waals surface area contributed by atoms with E-state index in [-0.39, 0.29) is 23.1 Å². The van der Waals surface area contributed by atoms with Gasteiger partial charge >= 0.3 is 0 Å². The van der Waals surface area contributed by atoms with Gasteiger partial charge in [0, 0.05) is 12.8 Å². The average Bonchev–Trinajstić information content (AvgIpc) is 2.67. The average molecular weight is 368 g/mol. The molecule has 27 heavy (non-hydrogen) atoms.